The zero-order valence-corrected chi connectivity index (χ0v) is 17.8. The van der Waals surface area contributed by atoms with Crippen molar-refractivity contribution in [2.75, 3.05) is 18.6 Å². The van der Waals surface area contributed by atoms with E-state index in [1.54, 1.807) is 30.3 Å². The molecule has 0 saturated carbocycles. The third-order valence-electron chi connectivity index (χ3n) is 2.59. The number of carbonyl (C=O) groups is 4. The van der Waals surface area contributed by atoms with Gasteiger partial charge in [0.2, 0.25) is 0 Å². The van der Waals surface area contributed by atoms with Crippen molar-refractivity contribution in [3.05, 3.63) is 30.3 Å². The average Bonchev–Trinajstić information content (AvgIpc) is 2.75. The van der Waals surface area contributed by atoms with Crippen LogP contribution in [0, 0.1) is 12.8 Å². The average molecular weight is 426 g/mol. The standard InChI is InChI=1S/C14H15FN2O6.C3H8.C2H6.C2H2/c15-7-11(18)10(6-13(20)21)17-12(19)8-23-14(22)16-9-4-2-1-3-5-9;1-3-2;2*1-2/h1-5,10H,6-8H2,(H,16,22)(H,17,19)(H,20,21);3H2,1-2H3;1-2H3;1-2H. The van der Waals surface area contributed by atoms with Gasteiger partial charge >= 0.3 is 12.1 Å². The van der Waals surface area contributed by atoms with Gasteiger partial charge < -0.3 is 15.2 Å². The van der Waals surface area contributed by atoms with E-state index < -0.39 is 49.5 Å². The summed E-state index contributed by atoms with van der Waals surface area (Å²) < 4.78 is 16.9. The number of benzene rings is 1. The van der Waals surface area contributed by atoms with Crippen molar-refractivity contribution in [2.45, 2.75) is 46.6 Å². The predicted molar refractivity (Wildman–Crippen MR) is 114 cm³/mol. The molecule has 9 heteroatoms. The molecule has 1 aromatic carbocycles. The van der Waals surface area contributed by atoms with E-state index >= 15 is 0 Å². The van der Waals surface area contributed by atoms with Crippen LogP contribution in [0.5, 0.6) is 0 Å². The molecule has 1 rings (SSSR count). The summed E-state index contributed by atoms with van der Waals surface area (Å²) >= 11 is 0. The molecule has 0 fully saturated rings. The smallest absolute Gasteiger partial charge is 0.412 e. The Kier molecular flexibility index (Phi) is 22.8. The fourth-order valence-corrected chi connectivity index (χ4v) is 1.56. The van der Waals surface area contributed by atoms with Crippen LogP contribution in [0.25, 0.3) is 0 Å². The Morgan fingerprint density at radius 1 is 1.10 bits per heavy atom. The van der Waals surface area contributed by atoms with E-state index in [0.29, 0.717) is 5.69 Å². The van der Waals surface area contributed by atoms with Crippen molar-refractivity contribution in [1.82, 2.24) is 5.32 Å². The lowest BCUT2D eigenvalue weighted by Gasteiger charge is -2.14. The second kappa shape index (κ2) is 21.9. The topological polar surface area (TPSA) is 122 Å². The first-order valence-electron chi connectivity index (χ1n) is 9.25. The zero-order chi connectivity index (χ0) is 23.9. The van der Waals surface area contributed by atoms with Crippen LogP contribution in [0.2, 0.25) is 0 Å². The van der Waals surface area contributed by atoms with E-state index in [2.05, 4.69) is 36.7 Å². The van der Waals surface area contributed by atoms with Crippen LogP contribution >= 0.6 is 0 Å². The number of terminal acetylenes is 1. The Bertz CT molecular complexity index is 635. The van der Waals surface area contributed by atoms with Crippen LogP contribution in [0.4, 0.5) is 14.9 Å². The highest BCUT2D eigenvalue weighted by Crippen LogP contribution is 2.05. The largest absolute Gasteiger partial charge is 0.481 e. The summed E-state index contributed by atoms with van der Waals surface area (Å²) in [5.74, 6) is -3.37. The van der Waals surface area contributed by atoms with Gasteiger partial charge in [0.15, 0.2) is 12.4 Å². The predicted octanol–water partition coefficient (Wildman–Crippen LogP) is 3.43. The summed E-state index contributed by atoms with van der Waals surface area (Å²) in [7, 11) is 0. The van der Waals surface area contributed by atoms with E-state index in [9.17, 15) is 23.6 Å². The van der Waals surface area contributed by atoms with E-state index in [1.807, 2.05) is 19.2 Å². The van der Waals surface area contributed by atoms with Gasteiger partial charge in [-0.15, -0.1) is 12.8 Å². The SMILES string of the molecule is C#C.CC.CCC.O=C(O)CC(NC(=O)COC(=O)Nc1ccccc1)C(=O)CF. The maximum atomic E-state index is 12.3. The van der Waals surface area contributed by atoms with Crippen LogP contribution < -0.4 is 10.6 Å². The van der Waals surface area contributed by atoms with Gasteiger partial charge in [-0.25, -0.2) is 9.18 Å². The van der Waals surface area contributed by atoms with Crippen molar-refractivity contribution in [1.29, 1.82) is 0 Å². The second-order valence-corrected chi connectivity index (χ2v) is 5.09. The zero-order valence-electron chi connectivity index (χ0n) is 17.8. The highest BCUT2D eigenvalue weighted by Gasteiger charge is 2.23. The van der Waals surface area contributed by atoms with Crippen LogP contribution in [0.1, 0.15) is 40.5 Å². The highest BCUT2D eigenvalue weighted by atomic mass is 19.1. The molecule has 0 heterocycles. The van der Waals surface area contributed by atoms with Gasteiger partial charge in [-0.05, 0) is 12.1 Å². The molecule has 30 heavy (non-hydrogen) atoms. The minimum Gasteiger partial charge on any atom is -0.481 e. The Hall–Kier alpha value is -3.41. The minimum atomic E-state index is -1.51. The second-order valence-electron chi connectivity index (χ2n) is 5.09. The number of nitrogens with one attached hydrogen (secondary N) is 2. The molecule has 1 atom stereocenters. The lowest BCUT2D eigenvalue weighted by Crippen LogP contribution is -2.44. The molecule has 0 saturated heterocycles. The molecule has 1 unspecified atom stereocenters. The van der Waals surface area contributed by atoms with Crippen molar-refractivity contribution >= 4 is 29.4 Å². The summed E-state index contributed by atoms with van der Waals surface area (Å²) in [6.45, 7) is 6.10. The van der Waals surface area contributed by atoms with Crippen molar-refractivity contribution < 1.29 is 33.4 Å². The summed E-state index contributed by atoms with van der Waals surface area (Å²) in [5, 5.41) is 13.0. The number of amides is 2. The number of para-hydroxylation sites is 1. The maximum Gasteiger partial charge on any atom is 0.412 e. The van der Waals surface area contributed by atoms with E-state index in [4.69, 9.17) is 5.11 Å². The molecule has 0 radical (unpaired) electrons. The van der Waals surface area contributed by atoms with Crippen molar-refractivity contribution in [2.24, 2.45) is 0 Å². The first kappa shape index (κ1) is 31.3. The third kappa shape index (κ3) is 18.0. The molecule has 0 aliphatic heterocycles. The van der Waals surface area contributed by atoms with Gasteiger partial charge in [-0.2, -0.15) is 0 Å². The summed E-state index contributed by atoms with van der Waals surface area (Å²) in [4.78, 5) is 44.7. The number of carbonyl (C=O) groups excluding carboxylic acids is 3. The quantitative estimate of drug-likeness (QED) is 0.548. The number of halogens is 1. The first-order valence-corrected chi connectivity index (χ1v) is 9.25. The molecular weight excluding hydrogens is 395 g/mol. The van der Waals surface area contributed by atoms with Crippen LogP contribution in [0.15, 0.2) is 30.3 Å². The van der Waals surface area contributed by atoms with Crippen molar-refractivity contribution in [3.8, 4) is 12.8 Å². The van der Waals surface area contributed by atoms with Crippen LogP contribution in [0.3, 0.4) is 0 Å². The first-order chi connectivity index (χ1) is 14.3. The van der Waals surface area contributed by atoms with Crippen LogP contribution in [-0.4, -0.2) is 48.2 Å². The molecule has 8 nitrogen and oxygen atoms in total. The number of Topliss-reactive ketones (excluding diaryl/α,β-unsaturated/α-hetero) is 1. The van der Waals surface area contributed by atoms with Gasteiger partial charge in [0.25, 0.3) is 5.91 Å². The number of ketones is 1. The molecule has 0 spiro atoms. The van der Waals surface area contributed by atoms with Gasteiger partial charge in [-0.3, -0.25) is 19.7 Å². The lowest BCUT2D eigenvalue weighted by molar-refractivity contribution is -0.140. The number of alkyl halides is 1. The summed E-state index contributed by atoms with van der Waals surface area (Å²) in [6, 6.07) is 6.80. The number of hydrogen-bond acceptors (Lipinski definition) is 5. The number of hydrogen-bond donors (Lipinski definition) is 3. The molecule has 1 aromatic rings. The maximum absolute atomic E-state index is 12.3. The summed E-state index contributed by atoms with van der Waals surface area (Å²) in [6.07, 6.45) is 7.59. The Labute approximate surface area is 177 Å². The molecular formula is C21H31FN2O6. The van der Waals surface area contributed by atoms with E-state index in [-0.39, 0.29) is 0 Å². The molecule has 2 amide bonds. The fraction of sp³-hybridized carbons (Fsp3) is 0.429. The van der Waals surface area contributed by atoms with Gasteiger partial charge in [0.1, 0.15) is 12.7 Å². The highest BCUT2D eigenvalue weighted by molar-refractivity contribution is 5.93. The van der Waals surface area contributed by atoms with Gasteiger partial charge in [-0.1, -0.05) is 52.3 Å². The molecule has 3 N–H and O–H groups in total. The summed E-state index contributed by atoms with van der Waals surface area (Å²) in [5.41, 5.74) is 0.453. The Morgan fingerprint density at radius 2 is 1.60 bits per heavy atom. The van der Waals surface area contributed by atoms with Gasteiger partial charge in [0.05, 0.1) is 6.42 Å². The number of aliphatic carboxylic acids is 1. The Morgan fingerprint density at radius 3 is 2.03 bits per heavy atom. The number of anilines is 1. The lowest BCUT2D eigenvalue weighted by atomic mass is 10.1. The number of carboxylic acid groups (broad SMARTS) is 1. The molecule has 0 aliphatic carbocycles. The molecule has 0 bridgehead atoms. The number of rotatable bonds is 8. The van der Waals surface area contributed by atoms with E-state index in [0.717, 1.165) is 0 Å². The normalized spacial score (nSPS) is 9.43. The molecule has 168 valence electrons. The van der Waals surface area contributed by atoms with E-state index in [1.165, 1.54) is 6.42 Å². The minimum absolute atomic E-state index is 0.453. The number of carboxylic acids is 1. The Balaban J connectivity index is -0.000000926. The fourth-order valence-electron chi connectivity index (χ4n) is 1.56. The molecule has 0 aliphatic rings. The number of ether oxygens (including phenoxy) is 1. The van der Waals surface area contributed by atoms with Gasteiger partial charge in [0, 0.05) is 5.69 Å². The monoisotopic (exact) mass is 426 g/mol. The van der Waals surface area contributed by atoms with Crippen LogP contribution in [-0.2, 0) is 19.1 Å². The molecule has 0 aromatic heterocycles. The third-order valence-corrected chi connectivity index (χ3v) is 2.59. The van der Waals surface area contributed by atoms with Crippen molar-refractivity contribution in [3.63, 3.8) is 0 Å².